The van der Waals surface area contributed by atoms with Crippen LogP contribution in [0.2, 0.25) is 0 Å². The van der Waals surface area contributed by atoms with Gasteiger partial charge in [-0.2, -0.15) is 5.10 Å². The maximum Gasteiger partial charge on any atom is 0.265 e. The lowest BCUT2D eigenvalue weighted by Crippen LogP contribution is -2.32. The number of carbonyl (C=O) groups excluding carboxylic acids is 1. The fourth-order valence-electron chi connectivity index (χ4n) is 3.41. The van der Waals surface area contributed by atoms with Crippen molar-refractivity contribution in [3.05, 3.63) is 45.9 Å². The Balaban J connectivity index is 1.67. The van der Waals surface area contributed by atoms with Gasteiger partial charge in [-0.05, 0) is 37.1 Å². The van der Waals surface area contributed by atoms with Crippen molar-refractivity contribution in [3.8, 4) is 5.69 Å². The average molecular weight is 414 g/mol. The molecule has 3 heterocycles. The summed E-state index contributed by atoms with van der Waals surface area (Å²) in [6, 6.07) is 5.83. The van der Waals surface area contributed by atoms with Crippen molar-refractivity contribution < 1.29 is 9.53 Å². The number of thioether (sulfide) groups is 1. The topological polar surface area (TPSA) is 91.0 Å². The van der Waals surface area contributed by atoms with Gasteiger partial charge < -0.3 is 10.1 Å². The predicted molar refractivity (Wildman–Crippen MR) is 112 cm³/mol. The highest BCUT2D eigenvalue weighted by Gasteiger charge is 2.29. The zero-order chi connectivity index (χ0) is 20.5. The molecule has 1 amide bonds. The first kappa shape index (κ1) is 19.7. The second-order valence-electron chi connectivity index (χ2n) is 7.14. The van der Waals surface area contributed by atoms with E-state index in [9.17, 15) is 9.59 Å². The molecule has 152 valence electrons. The molecule has 0 fully saturated rings. The molecule has 1 aromatic carbocycles. The van der Waals surface area contributed by atoms with E-state index in [0.717, 1.165) is 11.3 Å². The first-order chi connectivity index (χ1) is 14.0. The third-order valence-corrected chi connectivity index (χ3v) is 6.25. The van der Waals surface area contributed by atoms with Crippen molar-refractivity contribution >= 4 is 28.7 Å². The van der Waals surface area contributed by atoms with Gasteiger partial charge in [-0.3, -0.25) is 14.2 Å². The minimum Gasteiger partial charge on any atom is -0.383 e. The molecule has 0 saturated heterocycles. The number of rotatable bonds is 6. The molecule has 8 nitrogen and oxygen atoms in total. The Hall–Kier alpha value is -2.65. The highest BCUT2D eigenvalue weighted by atomic mass is 32.2. The van der Waals surface area contributed by atoms with Gasteiger partial charge in [0.25, 0.3) is 5.56 Å². The van der Waals surface area contributed by atoms with Crippen molar-refractivity contribution in [1.82, 2.24) is 24.6 Å². The van der Waals surface area contributed by atoms with E-state index in [4.69, 9.17) is 9.72 Å². The lowest BCUT2D eigenvalue weighted by atomic mass is 10.1. The Bertz CT molecular complexity index is 1140. The minimum atomic E-state index is -0.216. The fraction of sp³-hybridized carbons (Fsp3) is 0.400. The summed E-state index contributed by atoms with van der Waals surface area (Å²) in [7, 11) is 1.59. The van der Waals surface area contributed by atoms with Gasteiger partial charge in [0.05, 0.1) is 24.5 Å². The lowest BCUT2D eigenvalue weighted by molar-refractivity contribution is -0.121. The summed E-state index contributed by atoms with van der Waals surface area (Å²) < 4.78 is 8.28. The number of amides is 1. The molecule has 0 spiro atoms. The molecule has 29 heavy (non-hydrogen) atoms. The zero-order valence-electron chi connectivity index (χ0n) is 16.6. The van der Waals surface area contributed by atoms with Crippen LogP contribution in [0.1, 0.15) is 23.6 Å². The smallest absolute Gasteiger partial charge is 0.265 e. The molecule has 1 unspecified atom stereocenters. The van der Waals surface area contributed by atoms with Crippen LogP contribution in [0.3, 0.4) is 0 Å². The number of fused-ring (bicyclic) bond motifs is 2. The van der Waals surface area contributed by atoms with E-state index >= 15 is 0 Å². The molecular formula is C20H23N5O3S. The predicted octanol–water partition coefficient (Wildman–Crippen LogP) is 2.00. The highest BCUT2D eigenvalue weighted by Crippen LogP contribution is 2.33. The summed E-state index contributed by atoms with van der Waals surface area (Å²) in [4.78, 5) is 30.0. The molecule has 1 N–H and O–H groups in total. The molecule has 0 radical (unpaired) electrons. The second kappa shape index (κ2) is 8.00. The zero-order valence-corrected chi connectivity index (χ0v) is 17.5. The van der Waals surface area contributed by atoms with Gasteiger partial charge in [-0.1, -0.05) is 17.8 Å². The number of aromatic nitrogens is 4. The largest absolute Gasteiger partial charge is 0.383 e. The monoisotopic (exact) mass is 413 g/mol. The minimum absolute atomic E-state index is 0.0988. The van der Waals surface area contributed by atoms with E-state index in [1.54, 1.807) is 22.6 Å². The molecule has 1 aliphatic heterocycles. The number of nitrogens with zero attached hydrogens (tertiary/aromatic N) is 4. The molecule has 1 atom stereocenters. The summed E-state index contributed by atoms with van der Waals surface area (Å²) in [6.07, 6.45) is 1.80. The first-order valence-corrected chi connectivity index (χ1v) is 10.4. The molecule has 9 heteroatoms. The number of ether oxygens (including phenoxy) is 1. The van der Waals surface area contributed by atoms with Crippen LogP contribution in [0.5, 0.6) is 0 Å². The van der Waals surface area contributed by atoms with Gasteiger partial charge in [0.15, 0.2) is 10.8 Å². The first-order valence-electron chi connectivity index (χ1n) is 9.46. The second-order valence-corrected chi connectivity index (χ2v) is 8.13. The third-order valence-electron chi connectivity index (χ3n) is 5.16. The van der Waals surface area contributed by atoms with E-state index < -0.39 is 0 Å². The van der Waals surface area contributed by atoms with Gasteiger partial charge in [-0.25, -0.2) is 9.67 Å². The summed E-state index contributed by atoms with van der Waals surface area (Å²) in [6.45, 7) is 5.02. The average Bonchev–Trinajstić information content (AvgIpc) is 3.29. The van der Waals surface area contributed by atoms with Crippen LogP contribution < -0.4 is 10.9 Å². The van der Waals surface area contributed by atoms with E-state index in [0.29, 0.717) is 35.1 Å². The molecule has 4 rings (SSSR count). The van der Waals surface area contributed by atoms with Crippen molar-refractivity contribution in [1.29, 1.82) is 0 Å². The molecule has 3 aromatic rings. The van der Waals surface area contributed by atoms with E-state index in [2.05, 4.69) is 17.3 Å². The number of aryl methyl sites for hydroxylation is 2. The molecule has 0 aliphatic carbocycles. The molecular weight excluding hydrogens is 390 g/mol. The Morgan fingerprint density at radius 1 is 1.34 bits per heavy atom. The summed E-state index contributed by atoms with van der Waals surface area (Å²) in [5, 5.41) is 8.31. The third kappa shape index (κ3) is 3.67. The van der Waals surface area contributed by atoms with Crippen LogP contribution >= 0.6 is 11.8 Å². The molecule has 1 aliphatic rings. The summed E-state index contributed by atoms with van der Waals surface area (Å²) >= 11 is 1.49. The van der Waals surface area contributed by atoms with Gasteiger partial charge >= 0.3 is 0 Å². The number of methoxy groups -OCH3 is 1. The number of hydrogen-bond donors (Lipinski definition) is 1. The normalized spacial score (nSPS) is 15.6. The molecule has 2 aromatic heterocycles. The van der Waals surface area contributed by atoms with Crippen molar-refractivity contribution in [2.45, 2.75) is 31.5 Å². The van der Waals surface area contributed by atoms with Crippen molar-refractivity contribution in [2.75, 3.05) is 26.0 Å². The van der Waals surface area contributed by atoms with Crippen LogP contribution in [-0.4, -0.2) is 51.3 Å². The maximum absolute atomic E-state index is 13.1. The van der Waals surface area contributed by atoms with E-state index in [1.807, 2.05) is 25.1 Å². The van der Waals surface area contributed by atoms with Gasteiger partial charge in [0.1, 0.15) is 5.39 Å². The number of carbonyl (C=O) groups is 1. The Kier molecular flexibility index (Phi) is 5.42. The SMILES string of the molecule is COCCNC(=O)CC1CSc2nc3c(cnn3-c3ccc(C)c(C)c3)c(=O)n21. The van der Waals surface area contributed by atoms with Crippen LogP contribution in [0.4, 0.5) is 0 Å². The van der Waals surface area contributed by atoms with Crippen LogP contribution in [0.15, 0.2) is 34.3 Å². The van der Waals surface area contributed by atoms with Gasteiger partial charge in [0.2, 0.25) is 5.91 Å². The quantitative estimate of drug-likeness (QED) is 0.491. The number of hydrogen-bond acceptors (Lipinski definition) is 6. The molecule has 0 saturated carbocycles. The van der Waals surface area contributed by atoms with Gasteiger partial charge in [-0.15, -0.1) is 0 Å². The van der Waals surface area contributed by atoms with E-state index in [1.165, 1.54) is 17.3 Å². The molecule has 0 bridgehead atoms. The Labute approximate surface area is 172 Å². The number of benzene rings is 1. The van der Waals surface area contributed by atoms with Crippen LogP contribution in [-0.2, 0) is 9.53 Å². The van der Waals surface area contributed by atoms with Crippen molar-refractivity contribution in [3.63, 3.8) is 0 Å². The fourth-order valence-corrected chi connectivity index (χ4v) is 4.54. The maximum atomic E-state index is 13.1. The van der Waals surface area contributed by atoms with Crippen LogP contribution in [0.25, 0.3) is 16.7 Å². The summed E-state index contributed by atoms with van der Waals surface area (Å²) in [5.74, 6) is 0.544. The Morgan fingerprint density at radius 3 is 2.93 bits per heavy atom. The summed E-state index contributed by atoms with van der Waals surface area (Å²) in [5.41, 5.74) is 3.61. The lowest BCUT2D eigenvalue weighted by Gasteiger charge is -2.13. The van der Waals surface area contributed by atoms with E-state index in [-0.39, 0.29) is 23.9 Å². The Morgan fingerprint density at radius 2 is 2.17 bits per heavy atom. The number of nitrogens with one attached hydrogen (secondary N) is 1. The van der Waals surface area contributed by atoms with Crippen molar-refractivity contribution in [2.24, 2.45) is 0 Å². The standard InChI is InChI=1S/C20H23N5O3S/c1-12-4-5-14(8-13(12)2)25-18-16(10-22-25)19(27)24-15(11-29-20(24)23-18)9-17(26)21-6-7-28-3/h4-5,8,10,15H,6-7,9,11H2,1-3H3,(H,21,26). The highest BCUT2D eigenvalue weighted by molar-refractivity contribution is 7.99. The van der Waals surface area contributed by atoms with Crippen LogP contribution in [0, 0.1) is 13.8 Å². The van der Waals surface area contributed by atoms with Gasteiger partial charge in [0, 0.05) is 25.8 Å².